The Balaban J connectivity index is 1.20. The monoisotopic (exact) mass is 503 g/mol. The van der Waals surface area contributed by atoms with E-state index in [0.29, 0.717) is 37.0 Å². The highest BCUT2D eigenvalue weighted by Crippen LogP contribution is 2.28. The summed E-state index contributed by atoms with van der Waals surface area (Å²) in [6, 6.07) is 18.2. The van der Waals surface area contributed by atoms with E-state index < -0.39 is 10.0 Å². The Hall–Kier alpha value is -3.56. The van der Waals surface area contributed by atoms with Crippen LogP contribution in [-0.2, 0) is 14.8 Å². The van der Waals surface area contributed by atoms with Crippen molar-refractivity contribution < 1.29 is 13.2 Å². The SMILES string of the molecule is C[C@@H](NC(=O)C1CCC(NS(=O)(=O)c2ccc3[nH]c(-c4cccnc4)nc3c2)CC1)c1ccccc1. The van der Waals surface area contributed by atoms with Crippen LogP contribution < -0.4 is 10.0 Å². The molecular formula is C27H29N5O3S. The Labute approximate surface area is 210 Å². The number of hydrogen-bond donors (Lipinski definition) is 3. The number of amides is 1. The molecule has 0 aliphatic heterocycles. The van der Waals surface area contributed by atoms with Crippen LogP contribution in [-0.4, -0.2) is 35.3 Å². The maximum absolute atomic E-state index is 13.1. The second-order valence-electron chi connectivity index (χ2n) is 9.32. The van der Waals surface area contributed by atoms with E-state index in [1.165, 1.54) is 0 Å². The van der Waals surface area contributed by atoms with E-state index in [2.05, 4.69) is 25.0 Å². The molecule has 1 aliphatic rings. The molecule has 2 aromatic heterocycles. The van der Waals surface area contributed by atoms with Crippen LogP contribution in [0.2, 0.25) is 0 Å². The molecule has 36 heavy (non-hydrogen) atoms. The molecule has 2 aromatic carbocycles. The molecule has 0 saturated heterocycles. The average molecular weight is 504 g/mol. The molecule has 0 spiro atoms. The summed E-state index contributed by atoms with van der Waals surface area (Å²) in [7, 11) is -3.72. The summed E-state index contributed by atoms with van der Waals surface area (Å²) >= 11 is 0. The number of pyridine rings is 1. The topological polar surface area (TPSA) is 117 Å². The largest absolute Gasteiger partial charge is 0.349 e. The second kappa shape index (κ2) is 10.2. The fourth-order valence-electron chi connectivity index (χ4n) is 4.71. The number of nitrogens with one attached hydrogen (secondary N) is 3. The highest BCUT2D eigenvalue weighted by Gasteiger charge is 2.30. The van der Waals surface area contributed by atoms with Crippen molar-refractivity contribution in [1.29, 1.82) is 0 Å². The number of rotatable bonds is 7. The van der Waals surface area contributed by atoms with Gasteiger partial charge in [-0.3, -0.25) is 9.78 Å². The van der Waals surface area contributed by atoms with Crippen LogP contribution in [0.3, 0.4) is 0 Å². The highest BCUT2D eigenvalue weighted by atomic mass is 32.2. The zero-order chi connectivity index (χ0) is 25.1. The molecule has 0 unspecified atom stereocenters. The molecule has 1 atom stereocenters. The van der Waals surface area contributed by atoms with E-state index in [0.717, 1.165) is 16.6 Å². The number of nitrogens with zero attached hydrogens (tertiary/aromatic N) is 2. The molecule has 0 bridgehead atoms. The Morgan fingerprint density at radius 3 is 2.53 bits per heavy atom. The molecule has 1 saturated carbocycles. The molecular weight excluding hydrogens is 474 g/mol. The number of hydrogen-bond acceptors (Lipinski definition) is 5. The van der Waals surface area contributed by atoms with Gasteiger partial charge in [-0.25, -0.2) is 18.1 Å². The Bertz CT molecular complexity index is 1450. The number of imidazole rings is 1. The summed E-state index contributed by atoms with van der Waals surface area (Å²) in [5.41, 5.74) is 3.22. The number of benzene rings is 2. The molecule has 4 aromatic rings. The van der Waals surface area contributed by atoms with Crippen LogP contribution in [0.5, 0.6) is 0 Å². The summed E-state index contributed by atoms with van der Waals surface area (Å²) in [6.45, 7) is 1.98. The first-order valence-corrected chi connectivity index (χ1v) is 13.7. The molecule has 0 radical (unpaired) electrons. The lowest BCUT2D eigenvalue weighted by Crippen LogP contribution is -2.41. The Morgan fingerprint density at radius 2 is 1.81 bits per heavy atom. The summed E-state index contributed by atoms with van der Waals surface area (Å²) in [6.07, 6.45) is 5.92. The normalized spacial score (nSPS) is 19.1. The first-order chi connectivity index (χ1) is 17.4. The van der Waals surface area contributed by atoms with E-state index in [1.807, 2.05) is 49.4 Å². The zero-order valence-corrected chi connectivity index (χ0v) is 20.8. The van der Waals surface area contributed by atoms with Crippen molar-refractivity contribution in [2.45, 2.75) is 49.6 Å². The number of aromatic amines is 1. The van der Waals surface area contributed by atoms with Crippen LogP contribution in [0.15, 0.2) is 78.0 Å². The van der Waals surface area contributed by atoms with Crippen molar-refractivity contribution in [2.24, 2.45) is 5.92 Å². The van der Waals surface area contributed by atoms with Crippen LogP contribution in [0.1, 0.15) is 44.2 Å². The highest BCUT2D eigenvalue weighted by molar-refractivity contribution is 7.89. The van der Waals surface area contributed by atoms with Crippen LogP contribution in [0, 0.1) is 5.92 Å². The molecule has 8 nitrogen and oxygen atoms in total. The van der Waals surface area contributed by atoms with Gasteiger partial charge in [-0.05, 0) is 68.5 Å². The number of carbonyl (C=O) groups is 1. The maximum atomic E-state index is 13.1. The summed E-state index contributed by atoms with van der Waals surface area (Å²) < 4.78 is 29.0. The molecule has 3 N–H and O–H groups in total. The van der Waals surface area contributed by atoms with Crippen molar-refractivity contribution in [3.63, 3.8) is 0 Å². The lowest BCUT2D eigenvalue weighted by Gasteiger charge is -2.29. The van der Waals surface area contributed by atoms with Crippen LogP contribution >= 0.6 is 0 Å². The Kier molecular flexibility index (Phi) is 6.84. The first-order valence-electron chi connectivity index (χ1n) is 12.2. The van der Waals surface area contributed by atoms with Crippen molar-refractivity contribution in [3.05, 3.63) is 78.6 Å². The third kappa shape index (κ3) is 5.32. The van der Waals surface area contributed by atoms with Gasteiger partial charge in [0.2, 0.25) is 15.9 Å². The van der Waals surface area contributed by atoms with Gasteiger partial charge in [0.1, 0.15) is 5.82 Å². The molecule has 5 rings (SSSR count). The standard InChI is InChI=1S/C27H29N5O3S/c1-18(19-6-3-2-4-7-19)29-27(33)20-9-11-22(12-10-20)32-36(34,35)23-13-14-24-25(16-23)31-26(30-24)21-8-5-15-28-17-21/h2-8,13-18,20,22,32H,9-12H2,1H3,(H,29,33)(H,30,31)/t18-,20?,22?/m1/s1. The van der Waals surface area contributed by atoms with Gasteiger partial charge in [-0.1, -0.05) is 30.3 Å². The minimum absolute atomic E-state index is 0.0288. The number of carbonyl (C=O) groups excluding carboxylic acids is 1. The number of aromatic nitrogens is 3. The van der Waals surface area contributed by atoms with E-state index in [9.17, 15) is 13.2 Å². The van der Waals surface area contributed by atoms with Crippen molar-refractivity contribution in [1.82, 2.24) is 25.0 Å². The predicted molar refractivity (Wildman–Crippen MR) is 138 cm³/mol. The molecule has 186 valence electrons. The third-order valence-corrected chi connectivity index (χ3v) is 8.30. The van der Waals surface area contributed by atoms with Gasteiger partial charge >= 0.3 is 0 Å². The fourth-order valence-corrected chi connectivity index (χ4v) is 6.03. The van der Waals surface area contributed by atoms with Gasteiger partial charge in [0, 0.05) is 29.9 Å². The fraction of sp³-hybridized carbons (Fsp3) is 0.296. The minimum atomic E-state index is -3.72. The van der Waals surface area contributed by atoms with Gasteiger partial charge in [-0.15, -0.1) is 0 Å². The quantitative estimate of drug-likeness (QED) is 0.347. The van der Waals surface area contributed by atoms with Gasteiger partial charge in [0.15, 0.2) is 0 Å². The van der Waals surface area contributed by atoms with Crippen LogP contribution in [0.25, 0.3) is 22.4 Å². The minimum Gasteiger partial charge on any atom is -0.349 e. The zero-order valence-electron chi connectivity index (χ0n) is 20.0. The molecule has 1 amide bonds. The number of sulfonamides is 1. The molecule has 2 heterocycles. The van der Waals surface area contributed by atoms with E-state index in [4.69, 9.17) is 0 Å². The Morgan fingerprint density at radius 1 is 1.03 bits per heavy atom. The smallest absolute Gasteiger partial charge is 0.240 e. The summed E-state index contributed by atoms with van der Waals surface area (Å²) in [4.78, 5) is 24.8. The van der Waals surface area contributed by atoms with Crippen molar-refractivity contribution in [2.75, 3.05) is 0 Å². The lowest BCUT2D eigenvalue weighted by molar-refractivity contribution is -0.126. The number of fused-ring (bicyclic) bond motifs is 1. The van der Waals surface area contributed by atoms with Gasteiger partial charge in [0.25, 0.3) is 0 Å². The summed E-state index contributed by atoms with van der Waals surface area (Å²) in [5, 5.41) is 3.09. The molecule has 1 fully saturated rings. The van der Waals surface area contributed by atoms with Gasteiger partial charge < -0.3 is 10.3 Å². The van der Waals surface area contributed by atoms with E-state index in [-0.39, 0.29) is 28.8 Å². The third-order valence-electron chi connectivity index (χ3n) is 6.78. The lowest BCUT2D eigenvalue weighted by atomic mass is 9.85. The number of H-pyrrole nitrogens is 1. The maximum Gasteiger partial charge on any atom is 0.240 e. The van der Waals surface area contributed by atoms with Crippen molar-refractivity contribution in [3.8, 4) is 11.4 Å². The molecule has 9 heteroatoms. The predicted octanol–water partition coefficient (Wildman–Crippen LogP) is 4.34. The van der Waals surface area contributed by atoms with Crippen molar-refractivity contribution >= 4 is 27.0 Å². The molecule has 1 aliphatic carbocycles. The first kappa shape index (κ1) is 24.1. The van der Waals surface area contributed by atoms with E-state index >= 15 is 0 Å². The average Bonchev–Trinajstić information content (AvgIpc) is 3.33. The van der Waals surface area contributed by atoms with Gasteiger partial charge in [0.05, 0.1) is 22.0 Å². The van der Waals surface area contributed by atoms with E-state index in [1.54, 1.807) is 30.6 Å². The van der Waals surface area contributed by atoms with Gasteiger partial charge in [-0.2, -0.15) is 0 Å². The second-order valence-corrected chi connectivity index (χ2v) is 11.0. The van der Waals surface area contributed by atoms with Crippen LogP contribution in [0.4, 0.5) is 0 Å². The summed E-state index contributed by atoms with van der Waals surface area (Å²) in [5.74, 6) is 0.558.